The molecular weight excluding hydrogens is 350 g/mol. The molecule has 5 heteroatoms. The summed E-state index contributed by atoms with van der Waals surface area (Å²) < 4.78 is 1.11. The van der Waals surface area contributed by atoms with Crippen molar-refractivity contribution in [3.63, 3.8) is 0 Å². The number of carbonyl (C=O) groups is 1. The van der Waals surface area contributed by atoms with E-state index in [1.807, 2.05) is 4.90 Å². The quantitative estimate of drug-likeness (QED) is 0.824. The number of carbonyl (C=O) groups excluding carboxylic acids is 1. The van der Waals surface area contributed by atoms with Gasteiger partial charge in [0, 0.05) is 28.4 Å². The molecule has 2 unspecified atom stereocenters. The first-order valence-corrected chi connectivity index (χ1v) is 9.01. The summed E-state index contributed by atoms with van der Waals surface area (Å²) in [5.74, 6) is 0.868. The Morgan fingerprint density at radius 3 is 2.81 bits per heavy atom. The van der Waals surface area contributed by atoms with E-state index in [0.29, 0.717) is 12.3 Å². The molecule has 1 heterocycles. The van der Waals surface area contributed by atoms with Crippen LogP contribution in [-0.4, -0.2) is 40.9 Å². The average Bonchev–Trinajstić information content (AvgIpc) is 2.91. The molecule has 1 amide bonds. The van der Waals surface area contributed by atoms with Crippen LogP contribution in [0.3, 0.4) is 0 Å². The summed E-state index contributed by atoms with van der Waals surface area (Å²) in [5.41, 5.74) is 2.37. The van der Waals surface area contributed by atoms with Crippen molar-refractivity contribution in [3.05, 3.63) is 27.7 Å². The minimum atomic E-state index is -0.327. The summed E-state index contributed by atoms with van der Waals surface area (Å²) in [6.07, 6.45) is 0.580. The van der Waals surface area contributed by atoms with Crippen molar-refractivity contribution in [2.45, 2.75) is 38.2 Å². The first kappa shape index (κ1) is 16.8. The van der Waals surface area contributed by atoms with Gasteiger partial charge in [-0.1, -0.05) is 15.9 Å². The fraction of sp³-hybridized carbons (Fsp3) is 0.562. The Labute approximate surface area is 139 Å². The van der Waals surface area contributed by atoms with Crippen LogP contribution in [0.25, 0.3) is 0 Å². The molecule has 1 N–H and O–H groups in total. The van der Waals surface area contributed by atoms with E-state index in [9.17, 15) is 9.90 Å². The first-order valence-electron chi connectivity index (χ1n) is 7.24. The molecule has 0 bridgehead atoms. The van der Waals surface area contributed by atoms with Crippen LogP contribution in [0.4, 0.5) is 0 Å². The Balaban J connectivity index is 1.92. The van der Waals surface area contributed by atoms with Crippen molar-refractivity contribution in [1.29, 1.82) is 0 Å². The molecular formula is C16H22BrNO2S. The van der Waals surface area contributed by atoms with Crippen LogP contribution in [0.2, 0.25) is 0 Å². The minimum absolute atomic E-state index is 0.170. The Hall–Kier alpha value is -0.520. The molecule has 3 nitrogen and oxygen atoms in total. The maximum Gasteiger partial charge on any atom is 0.232 e. The molecule has 1 aliphatic heterocycles. The van der Waals surface area contributed by atoms with Crippen molar-refractivity contribution < 1.29 is 9.90 Å². The van der Waals surface area contributed by atoms with Gasteiger partial charge in [0.2, 0.25) is 5.91 Å². The summed E-state index contributed by atoms with van der Waals surface area (Å²) in [7, 11) is 0. The molecule has 2 rings (SSSR count). The van der Waals surface area contributed by atoms with E-state index < -0.39 is 0 Å². The van der Waals surface area contributed by atoms with E-state index in [1.54, 1.807) is 18.7 Å². The number of hydrogen-bond acceptors (Lipinski definition) is 3. The van der Waals surface area contributed by atoms with Gasteiger partial charge in [-0.25, -0.2) is 0 Å². The highest BCUT2D eigenvalue weighted by Crippen LogP contribution is 2.29. The van der Waals surface area contributed by atoms with Gasteiger partial charge in [0.15, 0.2) is 0 Å². The zero-order valence-corrected chi connectivity index (χ0v) is 15.1. The van der Waals surface area contributed by atoms with Crippen LogP contribution >= 0.6 is 27.7 Å². The third kappa shape index (κ3) is 4.24. The lowest BCUT2D eigenvalue weighted by atomic mass is 10.0. The van der Waals surface area contributed by atoms with Crippen LogP contribution < -0.4 is 0 Å². The maximum absolute atomic E-state index is 12.3. The number of nitrogens with zero attached hydrogens (tertiary/aromatic N) is 1. The summed E-state index contributed by atoms with van der Waals surface area (Å²) >= 11 is 5.13. The van der Waals surface area contributed by atoms with Crippen LogP contribution in [-0.2, 0) is 4.79 Å². The smallest absolute Gasteiger partial charge is 0.232 e. The van der Waals surface area contributed by atoms with E-state index >= 15 is 0 Å². The monoisotopic (exact) mass is 371 g/mol. The summed E-state index contributed by atoms with van der Waals surface area (Å²) in [5, 5.41) is 9.60. The highest BCUT2D eigenvalue weighted by molar-refractivity contribution is 9.10. The SMILES string of the molecule is Cc1cc(SCC(=O)N2CCC(C(C)O)C2)c(C)cc1Br. The molecule has 0 radical (unpaired) electrons. The summed E-state index contributed by atoms with van der Waals surface area (Å²) in [4.78, 5) is 15.3. The van der Waals surface area contributed by atoms with Crippen LogP contribution in [0.1, 0.15) is 24.5 Å². The highest BCUT2D eigenvalue weighted by Gasteiger charge is 2.28. The maximum atomic E-state index is 12.3. The van der Waals surface area contributed by atoms with E-state index in [2.05, 4.69) is 41.9 Å². The van der Waals surface area contributed by atoms with Gasteiger partial charge in [-0.15, -0.1) is 11.8 Å². The summed E-state index contributed by atoms with van der Waals surface area (Å²) in [6.45, 7) is 7.39. The molecule has 0 aromatic heterocycles. The third-order valence-electron chi connectivity index (χ3n) is 4.07. The van der Waals surface area contributed by atoms with E-state index in [-0.39, 0.29) is 17.9 Å². The molecule has 0 saturated carbocycles. The standard InChI is InChI=1S/C16H22BrNO2S/c1-10-7-15(11(2)6-14(10)17)21-9-16(20)18-5-4-13(8-18)12(3)19/h6-7,12-13,19H,4-5,8-9H2,1-3H3. The van der Waals surface area contributed by atoms with Gasteiger partial charge in [0.25, 0.3) is 0 Å². The zero-order chi connectivity index (χ0) is 15.6. The Bertz CT molecular complexity index is 533. The summed E-state index contributed by atoms with van der Waals surface area (Å²) in [6, 6.07) is 4.22. The van der Waals surface area contributed by atoms with Gasteiger partial charge in [0.05, 0.1) is 11.9 Å². The molecule has 1 aliphatic rings. The topological polar surface area (TPSA) is 40.5 Å². The van der Waals surface area contributed by atoms with Crippen molar-refractivity contribution in [1.82, 2.24) is 4.90 Å². The molecule has 0 spiro atoms. The van der Waals surface area contributed by atoms with Gasteiger partial charge in [-0.2, -0.15) is 0 Å². The molecule has 116 valence electrons. The van der Waals surface area contributed by atoms with Gasteiger partial charge < -0.3 is 10.0 Å². The number of thioether (sulfide) groups is 1. The molecule has 1 saturated heterocycles. The molecule has 0 aliphatic carbocycles. The normalized spacial score (nSPS) is 19.9. The van der Waals surface area contributed by atoms with Gasteiger partial charge in [-0.05, 0) is 50.5 Å². The zero-order valence-electron chi connectivity index (χ0n) is 12.7. The van der Waals surface area contributed by atoms with Crippen molar-refractivity contribution in [3.8, 4) is 0 Å². The fourth-order valence-corrected chi connectivity index (χ4v) is 4.01. The minimum Gasteiger partial charge on any atom is -0.393 e. The Morgan fingerprint density at radius 1 is 1.48 bits per heavy atom. The number of hydrogen-bond donors (Lipinski definition) is 1. The van der Waals surface area contributed by atoms with E-state index in [4.69, 9.17) is 0 Å². The number of aliphatic hydroxyl groups is 1. The first-order chi connectivity index (χ1) is 9.88. The third-order valence-corrected chi connectivity index (χ3v) is 6.06. The van der Waals surface area contributed by atoms with Gasteiger partial charge >= 0.3 is 0 Å². The van der Waals surface area contributed by atoms with Crippen molar-refractivity contribution in [2.75, 3.05) is 18.8 Å². The van der Waals surface area contributed by atoms with E-state index in [1.165, 1.54) is 11.1 Å². The van der Waals surface area contributed by atoms with Crippen LogP contribution in [0.5, 0.6) is 0 Å². The lowest BCUT2D eigenvalue weighted by Crippen LogP contribution is -2.31. The average molecular weight is 372 g/mol. The largest absolute Gasteiger partial charge is 0.393 e. The predicted octanol–water partition coefficient (Wildman–Crippen LogP) is 3.39. The molecule has 21 heavy (non-hydrogen) atoms. The number of aliphatic hydroxyl groups excluding tert-OH is 1. The molecule has 1 aromatic rings. The second-order valence-corrected chi connectivity index (χ2v) is 7.66. The second-order valence-electron chi connectivity index (χ2n) is 5.78. The Kier molecular flexibility index (Phi) is 5.74. The Morgan fingerprint density at radius 2 is 2.19 bits per heavy atom. The highest BCUT2D eigenvalue weighted by atomic mass is 79.9. The lowest BCUT2D eigenvalue weighted by Gasteiger charge is -2.18. The van der Waals surface area contributed by atoms with Crippen molar-refractivity contribution >= 4 is 33.6 Å². The lowest BCUT2D eigenvalue weighted by molar-refractivity contribution is -0.127. The van der Waals surface area contributed by atoms with Crippen LogP contribution in [0.15, 0.2) is 21.5 Å². The number of likely N-dealkylation sites (tertiary alicyclic amines) is 1. The number of halogens is 1. The van der Waals surface area contributed by atoms with Crippen molar-refractivity contribution in [2.24, 2.45) is 5.92 Å². The fourth-order valence-electron chi connectivity index (χ4n) is 2.55. The predicted molar refractivity (Wildman–Crippen MR) is 90.7 cm³/mol. The number of aryl methyl sites for hydroxylation is 2. The second kappa shape index (κ2) is 7.16. The molecule has 2 atom stereocenters. The molecule has 1 fully saturated rings. The molecule has 1 aromatic carbocycles. The van der Waals surface area contributed by atoms with Gasteiger partial charge in [-0.3, -0.25) is 4.79 Å². The number of benzene rings is 1. The number of amides is 1. The van der Waals surface area contributed by atoms with Gasteiger partial charge in [0.1, 0.15) is 0 Å². The number of rotatable bonds is 4. The van der Waals surface area contributed by atoms with E-state index in [0.717, 1.165) is 22.3 Å². The van der Waals surface area contributed by atoms with Crippen LogP contribution in [0, 0.1) is 19.8 Å².